The first-order chi connectivity index (χ1) is 14.7. The zero-order valence-electron chi connectivity index (χ0n) is 17.4. The van der Waals surface area contributed by atoms with Crippen molar-refractivity contribution in [2.75, 3.05) is 11.9 Å². The molecule has 3 heterocycles. The fourth-order valence-corrected chi connectivity index (χ4v) is 3.58. The lowest BCUT2D eigenvalue weighted by atomic mass is 10.0. The molecule has 31 heavy (non-hydrogen) atoms. The van der Waals surface area contributed by atoms with Crippen LogP contribution in [0.2, 0.25) is 0 Å². The minimum atomic E-state index is -4.60. The summed E-state index contributed by atoms with van der Waals surface area (Å²) in [7, 11) is 1.79. The van der Waals surface area contributed by atoms with Crippen molar-refractivity contribution in [1.82, 2.24) is 14.8 Å². The van der Waals surface area contributed by atoms with E-state index in [1.54, 1.807) is 30.8 Å². The molecular formula is C22H23F5N4. The lowest BCUT2D eigenvalue weighted by Gasteiger charge is -2.24. The van der Waals surface area contributed by atoms with Gasteiger partial charge in [0.2, 0.25) is 0 Å². The van der Waals surface area contributed by atoms with E-state index in [1.165, 1.54) is 13.0 Å². The van der Waals surface area contributed by atoms with Gasteiger partial charge in [-0.15, -0.1) is 0 Å². The molecule has 1 atom stereocenters. The third-order valence-electron chi connectivity index (χ3n) is 5.15. The molecule has 0 aromatic carbocycles. The van der Waals surface area contributed by atoms with Crippen LogP contribution in [-0.2, 0) is 6.54 Å². The van der Waals surface area contributed by atoms with Gasteiger partial charge in [0.05, 0.1) is 29.2 Å². The molecule has 0 saturated heterocycles. The second-order valence-electron chi connectivity index (χ2n) is 7.19. The Bertz CT molecular complexity index is 1020. The number of allylic oxidation sites excluding steroid dienone is 6. The molecule has 0 amide bonds. The van der Waals surface area contributed by atoms with E-state index in [0.29, 0.717) is 18.8 Å². The molecule has 9 heteroatoms. The van der Waals surface area contributed by atoms with Gasteiger partial charge < -0.3 is 4.90 Å². The summed E-state index contributed by atoms with van der Waals surface area (Å²) < 4.78 is 69.6. The predicted octanol–water partition coefficient (Wildman–Crippen LogP) is 6.15. The van der Waals surface area contributed by atoms with Gasteiger partial charge in [-0.2, -0.15) is 18.3 Å². The molecule has 0 N–H and O–H groups in total. The Balaban J connectivity index is 2.00. The minimum Gasteiger partial charge on any atom is -0.351 e. The van der Waals surface area contributed by atoms with Crippen LogP contribution in [-0.4, -0.2) is 28.0 Å². The average Bonchev–Trinajstić information content (AvgIpc) is 3.30. The summed E-state index contributed by atoms with van der Waals surface area (Å²) in [4.78, 5) is 5.92. The fourth-order valence-electron chi connectivity index (χ4n) is 3.58. The number of alkyl halides is 3. The average molecular weight is 438 g/mol. The van der Waals surface area contributed by atoms with Crippen LogP contribution in [0.15, 0.2) is 54.0 Å². The van der Waals surface area contributed by atoms with Gasteiger partial charge in [-0.1, -0.05) is 19.1 Å². The van der Waals surface area contributed by atoms with Crippen LogP contribution in [0.5, 0.6) is 0 Å². The number of anilines is 1. The lowest BCUT2D eigenvalue weighted by molar-refractivity contribution is -0.0883. The second-order valence-corrected chi connectivity index (χ2v) is 7.19. The first-order valence-corrected chi connectivity index (χ1v) is 9.89. The van der Waals surface area contributed by atoms with E-state index in [1.807, 2.05) is 4.90 Å². The highest BCUT2D eigenvalue weighted by Gasteiger charge is 2.34. The molecule has 1 unspecified atom stereocenters. The smallest absolute Gasteiger partial charge is 0.351 e. The van der Waals surface area contributed by atoms with Crippen LogP contribution in [0.3, 0.4) is 0 Å². The Hall–Kier alpha value is -2.97. The number of hydrogen-bond donors (Lipinski definition) is 0. The van der Waals surface area contributed by atoms with Gasteiger partial charge in [0.1, 0.15) is 17.5 Å². The molecule has 2 aromatic heterocycles. The van der Waals surface area contributed by atoms with Gasteiger partial charge in [-0.25, -0.2) is 13.8 Å². The maximum absolute atomic E-state index is 14.6. The van der Waals surface area contributed by atoms with E-state index in [-0.39, 0.29) is 23.7 Å². The van der Waals surface area contributed by atoms with E-state index in [9.17, 15) is 22.0 Å². The van der Waals surface area contributed by atoms with E-state index in [2.05, 4.69) is 10.1 Å². The van der Waals surface area contributed by atoms with Crippen molar-refractivity contribution < 1.29 is 22.0 Å². The van der Waals surface area contributed by atoms with E-state index in [4.69, 9.17) is 0 Å². The molecule has 0 aliphatic carbocycles. The number of halogens is 5. The Morgan fingerprint density at radius 1 is 1.32 bits per heavy atom. The van der Waals surface area contributed by atoms with E-state index >= 15 is 0 Å². The summed E-state index contributed by atoms with van der Waals surface area (Å²) >= 11 is 0. The maximum Gasteiger partial charge on any atom is 0.416 e. The van der Waals surface area contributed by atoms with Crippen LogP contribution in [0.4, 0.5) is 27.8 Å². The van der Waals surface area contributed by atoms with Crippen LogP contribution in [0.25, 0.3) is 5.57 Å². The Kier molecular flexibility index (Phi) is 6.62. The molecule has 166 valence electrons. The predicted molar refractivity (Wildman–Crippen MR) is 109 cm³/mol. The van der Waals surface area contributed by atoms with Crippen LogP contribution in [0, 0.1) is 5.82 Å². The van der Waals surface area contributed by atoms with Gasteiger partial charge >= 0.3 is 6.18 Å². The summed E-state index contributed by atoms with van der Waals surface area (Å²) in [5.41, 5.74) is -0.282. The largest absolute Gasteiger partial charge is 0.416 e. The van der Waals surface area contributed by atoms with Crippen molar-refractivity contribution in [3.05, 3.63) is 71.2 Å². The zero-order chi connectivity index (χ0) is 22.8. The Morgan fingerprint density at radius 2 is 2.06 bits per heavy atom. The molecule has 1 aliphatic rings. The molecule has 0 bridgehead atoms. The van der Waals surface area contributed by atoms with Crippen molar-refractivity contribution in [3.63, 3.8) is 0 Å². The molecule has 3 rings (SSSR count). The van der Waals surface area contributed by atoms with Crippen molar-refractivity contribution >= 4 is 11.4 Å². The van der Waals surface area contributed by atoms with Crippen molar-refractivity contribution in [2.24, 2.45) is 0 Å². The third kappa shape index (κ3) is 4.86. The molecule has 4 nitrogen and oxygen atoms in total. The molecule has 0 spiro atoms. The van der Waals surface area contributed by atoms with Crippen molar-refractivity contribution in [2.45, 2.75) is 45.5 Å². The molecule has 0 saturated carbocycles. The van der Waals surface area contributed by atoms with Gasteiger partial charge in [-0.3, -0.25) is 4.68 Å². The van der Waals surface area contributed by atoms with Gasteiger partial charge in [0, 0.05) is 19.2 Å². The van der Waals surface area contributed by atoms with Crippen LogP contribution >= 0.6 is 0 Å². The van der Waals surface area contributed by atoms with Gasteiger partial charge in [0.25, 0.3) is 0 Å². The first kappa shape index (κ1) is 22.7. The van der Waals surface area contributed by atoms with Gasteiger partial charge in [-0.05, 0) is 44.0 Å². The highest BCUT2D eigenvalue weighted by molar-refractivity contribution is 5.77. The summed E-state index contributed by atoms with van der Waals surface area (Å²) in [5.74, 6) is -0.690. The molecule has 2 aromatic rings. The van der Waals surface area contributed by atoms with Crippen LogP contribution in [0.1, 0.15) is 44.1 Å². The molecular weight excluding hydrogens is 415 g/mol. The van der Waals surface area contributed by atoms with Gasteiger partial charge in [0.15, 0.2) is 0 Å². The highest BCUT2D eigenvalue weighted by Crippen LogP contribution is 2.37. The number of nitrogens with zero attached hydrogens (tertiary/aromatic N) is 4. The van der Waals surface area contributed by atoms with E-state index in [0.717, 1.165) is 30.1 Å². The highest BCUT2D eigenvalue weighted by atomic mass is 19.4. The molecule has 0 radical (unpaired) electrons. The normalized spacial score (nSPS) is 17.8. The number of aryl methyl sites for hydroxylation is 1. The Morgan fingerprint density at radius 3 is 2.65 bits per heavy atom. The third-order valence-corrected chi connectivity index (χ3v) is 5.15. The maximum atomic E-state index is 14.6. The fraction of sp³-hybridized carbons (Fsp3) is 0.364. The summed E-state index contributed by atoms with van der Waals surface area (Å²) in [6.45, 7) is 3.52. The van der Waals surface area contributed by atoms with Crippen molar-refractivity contribution in [3.8, 4) is 0 Å². The number of fused-ring (bicyclic) bond motifs is 1. The quantitative estimate of drug-likeness (QED) is 0.401. The summed E-state index contributed by atoms with van der Waals surface area (Å²) in [6, 6.07) is 4.28. The number of pyridine rings is 1. The number of hydrogen-bond acceptors (Lipinski definition) is 3. The molecule has 1 aliphatic heterocycles. The summed E-state index contributed by atoms with van der Waals surface area (Å²) in [5, 5.41) is 4.36. The number of aromatic nitrogens is 3. The zero-order valence-corrected chi connectivity index (χ0v) is 17.4. The number of rotatable bonds is 6. The minimum absolute atomic E-state index is 0.127. The van der Waals surface area contributed by atoms with Crippen molar-refractivity contribution in [1.29, 1.82) is 0 Å². The Labute approximate surface area is 177 Å². The van der Waals surface area contributed by atoms with E-state index < -0.39 is 23.4 Å². The lowest BCUT2D eigenvalue weighted by Crippen LogP contribution is -2.23. The molecule has 0 fully saturated rings. The standard InChI is InChI=1S/C22H23F5N4/c1-4-6-14(22(25,26)27)11-16(17(24)5-2)18-12-20-19(9-10-31(20)29-18)30(3)21-8-7-15(23)13-28-21/h5-8,11-13,19H,4,9-10H2,1-3H3/b14-6-,16-11+,17-5+. The SMILES string of the molecule is C\C=C(F)/C(=C\C(=C\CC)C(F)(F)F)c1cc2n(n1)CCC2N(C)c1ccc(F)cn1. The summed E-state index contributed by atoms with van der Waals surface area (Å²) in [6.07, 6.45) is 0.294. The first-order valence-electron chi connectivity index (χ1n) is 9.89. The monoisotopic (exact) mass is 438 g/mol. The second kappa shape index (κ2) is 9.03. The van der Waals surface area contributed by atoms with Crippen LogP contribution < -0.4 is 4.90 Å². The topological polar surface area (TPSA) is 34.0 Å².